The highest BCUT2D eigenvalue weighted by molar-refractivity contribution is 7.81. The predicted octanol–water partition coefficient (Wildman–Crippen LogP) is 1.74. The Morgan fingerprint density at radius 1 is 1.40 bits per heavy atom. The van der Waals surface area contributed by atoms with Crippen LogP contribution < -0.4 is 5.32 Å². The van der Waals surface area contributed by atoms with E-state index in [0.29, 0.717) is 25.1 Å². The van der Waals surface area contributed by atoms with Crippen LogP contribution in [0.4, 0.5) is 10.5 Å². The van der Waals surface area contributed by atoms with Gasteiger partial charge in [0.2, 0.25) is 5.91 Å². The number of amides is 2. The zero-order valence-electron chi connectivity index (χ0n) is 13.5. The molecule has 9 heteroatoms. The Kier molecular flexibility index (Phi) is 5.12. The van der Waals surface area contributed by atoms with Gasteiger partial charge < -0.3 is 15.0 Å². The predicted molar refractivity (Wildman–Crippen MR) is 92.3 cm³/mol. The Morgan fingerprint density at radius 2 is 2.12 bits per heavy atom. The largest absolute Gasteiger partial charge is 0.445 e. The van der Waals surface area contributed by atoms with E-state index in [1.165, 1.54) is 12.1 Å². The van der Waals surface area contributed by atoms with E-state index in [0.717, 1.165) is 6.42 Å². The average molecular weight is 365 g/mol. The lowest BCUT2D eigenvalue weighted by atomic mass is 9.97. The van der Waals surface area contributed by atoms with Crippen LogP contribution in [0.25, 0.3) is 0 Å². The number of thiol groups is 1. The molecule has 2 aliphatic rings. The lowest BCUT2D eigenvalue weighted by Crippen LogP contribution is -2.41. The second kappa shape index (κ2) is 7.30. The minimum Gasteiger partial charge on any atom is -0.445 e. The molecule has 0 bridgehead atoms. The molecule has 1 aromatic carbocycles. The molecule has 1 aromatic rings. The zero-order chi connectivity index (χ0) is 18.0. The van der Waals surface area contributed by atoms with Gasteiger partial charge in [0.25, 0.3) is 5.69 Å². The number of benzene rings is 1. The highest BCUT2D eigenvalue weighted by Crippen LogP contribution is 2.31. The molecule has 2 aliphatic heterocycles. The van der Waals surface area contributed by atoms with Crippen LogP contribution in [0.2, 0.25) is 0 Å². The Bertz CT molecular complexity index is 681. The third kappa shape index (κ3) is 4.04. The molecule has 2 fully saturated rings. The van der Waals surface area contributed by atoms with Gasteiger partial charge >= 0.3 is 6.09 Å². The van der Waals surface area contributed by atoms with Gasteiger partial charge in [0.1, 0.15) is 6.61 Å². The maximum Gasteiger partial charge on any atom is 0.410 e. The van der Waals surface area contributed by atoms with Crippen molar-refractivity contribution < 1.29 is 19.2 Å². The van der Waals surface area contributed by atoms with Crippen molar-refractivity contribution in [3.05, 3.63) is 39.9 Å². The van der Waals surface area contributed by atoms with Crippen LogP contribution in [-0.2, 0) is 16.1 Å². The Hall–Kier alpha value is -2.29. The van der Waals surface area contributed by atoms with E-state index in [9.17, 15) is 19.7 Å². The smallest absolute Gasteiger partial charge is 0.410 e. The summed E-state index contributed by atoms with van der Waals surface area (Å²) in [4.78, 5) is 35.7. The summed E-state index contributed by atoms with van der Waals surface area (Å²) in [6.07, 6.45) is 0.700. The zero-order valence-corrected chi connectivity index (χ0v) is 14.4. The van der Waals surface area contributed by atoms with Crippen LogP contribution in [0.3, 0.4) is 0 Å². The van der Waals surface area contributed by atoms with Gasteiger partial charge in [0.05, 0.1) is 4.92 Å². The van der Waals surface area contributed by atoms with Crippen molar-refractivity contribution in [2.24, 2.45) is 5.92 Å². The second-order valence-electron chi connectivity index (χ2n) is 6.36. The molecule has 0 unspecified atom stereocenters. The molecule has 0 aliphatic carbocycles. The Morgan fingerprint density at radius 3 is 2.72 bits per heavy atom. The van der Waals surface area contributed by atoms with Gasteiger partial charge in [0, 0.05) is 48.9 Å². The van der Waals surface area contributed by atoms with Crippen LogP contribution in [0.1, 0.15) is 18.4 Å². The average Bonchev–Trinajstić information content (AvgIpc) is 3.18. The molecule has 0 saturated carbocycles. The third-order valence-corrected chi connectivity index (χ3v) is 4.99. The van der Waals surface area contributed by atoms with E-state index in [1.807, 2.05) is 0 Å². The molecule has 0 spiro atoms. The van der Waals surface area contributed by atoms with Gasteiger partial charge in [-0.25, -0.2) is 4.79 Å². The first-order valence-corrected chi connectivity index (χ1v) is 8.57. The summed E-state index contributed by atoms with van der Waals surface area (Å²) in [5.74, 6) is 0.0865. The van der Waals surface area contributed by atoms with Crippen LogP contribution >= 0.6 is 12.6 Å². The van der Waals surface area contributed by atoms with E-state index in [1.54, 1.807) is 17.0 Å². The standard InChI is InChI=1S/C16H19N3O5S/c20-15-5-11(7-17-15)14-6-13(25)8-18(14)16(21)24-9-10-1-3-12(4-2-10)19(22)23/h1-4,11,13-14,25H,5-9H2,(H,17,20)/t11-,13+,14+/m1/s1. The van der Waals surface area contributed by atoms with Crippen molar-refractivity contribution in [2.75, 3.05) is 13.1 Å². The van der Waals surface area contributed by atoms with Gasteiger partial charge in [0.15, 0.2) is 0 Å². The quantitative estimate of drug-likeness (QED) is 0.481. The van der Waals surface area contributed by atoms with E-state index in [4.69, 9.17) is 4.74 Å². The molecule has 3 rings (SSSR count). The maximum atomic E-state index is 12.4. The molecule has 3 atom stereocenters. The summed E-state index contributed by atoms with van der Waals surface area (Å²) in [7, 11) is 0. The SMILES string of the molecule is O=C1C[C@@H]([C@@H]2C[C@H](S)CN2C(=O)OCc2ccc([N+](=O)[O-])cc2)CN1. The lowest BCUT2D eigenvalue weighted by molar-refractivity contribution is -0.384. The molecule has 1 N–H and O–H groups in total. The van der Waals surface area contributed by atoms with Gasteiger partial charge in [-0.15, -0.1) is 0 Å². The third-order valence-electron chi connectivity index (χ3n) is 4.62. The first-order valence-electron chi connectivity index (χ1n) is 8.05. The minimum absolute atomic E-state index is 0.00631. The number of carbonyl (C=O) groups is 2. The fraction of sp³-hybridized carbons (Fsp3) is 0.500. The molecule has 2 amide bonds. The summed E-state index contributed by atoms with van der Waals surface area (Å²) >= 11 is 4.47. The molecule has 8 nitrogen and oxygen atoms in total. The molecule has 0 radical (unpaired) electrons. The first kappa shape index (κ1) is 17.5. The second-order valence-corrected chi connectivity index (χ2v) is 7.09. The molecule has 2 saturated heterocycles. The fourth-order valence-corrected chi connectivity index (χ4v) is 3.73. The number of nitro benzene ring substituents is 1. The highest BCUT2D eigenvalue weighted by atomic mass is 32.1. The first-order chi connectivity index (χ1) is 11.9. The normalized spacial score (nSPS) is 25.7. The summed E-state index contributed by atoms with van der Waals surface area (Å²) in [6.45, 7) is 1.09. The van der Waals surface area contributed by atoms with Crippen LogP contribution in [0.15, 0.2) is 24.3 Å². The highest BCUT2D eigenvalue weighted by Gasteiger charge is 2.41. The number of hydrogen-bond acceptors (Lipinski definition) is 6. The van der Waals surface area contributed by atoms with E-state index in [2.05, 4.69) is 17.9 Å². The number of nitrogens with one attached hydrogen (secondary N) is 1. The Labute approximate surface area is 150 Å². The molecule has 0 aromatic heterocycles. The number of carbonyl (C=O) groups excluding carboxylic acids is 2. The van der Waals surface area contributed by atoms with E-state index >= 15 is 0 Å². The number of rotatable bonds is 4. The molecular weight excluding hydrogens is 346 g/mol. The van der Waals surface area contributed by atoms with Crippen LogP contribution in [0.5, 0.6) is 0 Å². The van der Waals surface area contributed by atoms with Gasteiger partial charge in [-0.1, -0.05) is 0 Å². The summed E-state index contributed by atoms with van der Waals surface area (Å²) in [6, 6.07) is 5.82. The number of hydrogen-bond donors (Lipinski definition) is 2. The van der Waals surface area contributed by atoms with Gasteiger partial charge in [-0.3, -0.25) is 14.9 Å². The number of likely N-dealkylation sites (tertiary alicyclic amines) is 1. The molecule has 2 heterocycles. The number of nitrogens with zero attached hydrogens (tertiary/aromatic N) is 2. The minimum atomic E-state index is -0.478. The van der Waals surface area contributed by atoms with Crippen molar-refractivity contribution in [2.45, 2.75) is 30.7 Å². The van der Waals surface area contributed by atoms with Crippen molar-refractivity contribution >= 4 is 30.3 Å². The van der Waals surface area contributed by atoms with Crippen molar-refractivity contribution in [3.63, 3.8) is 0 Å². The van der Waals surface area contributed by atoms with Gasteiger partial charge in [-0.05, 0) is 24.1 Å². The number of nitro groups is 1. The Balaban J connectivity index is 1.59. The van der Waals surface area contributed by atoms with E-state index in [-0.39, 0.29) is 35.4 Å². The molecule has 134 valence electrons. The summed E-state index contributed by atoms with van der Waals surface area (Å²) < 4.78 is 5.36. The van der Waals surface area contributed by atoms with Crippen molar-refractivity contribution in [3.8, 4) is 0 Å². The molecular formula is C16H19N3O5S. The lowest BCUT2D eigenvalue weighted by Gasteiger charge is -2.27. The van der Waals surface area contributed by atoms with Crippen molar-refractivity contribution in [1.82, 2.24) is 10.2 Å². The van der Waals surface area contributed by atoms with Crippen LogP contribution in [-0.4, -0.2) is 46.2 Å². The maximum absolute atomic E-state index is 12.4. The van der Waals surface area contributed by atoms with Gasteiger partial charge in [-0.2, -0.15) is 12.6 Å². The topological polar surface area (TPSA) is 102 Å². The van der Waals surface area contributed by atoms with Crippen LogP contribution in [0, 0.1) is 16.0 Å². The number of ether oxygens (including phenoxy) is 1. The summed E-state index contributed by atoms with van der Waals surface area (Å²) in [5, 5.41) is 13.5. The van der Waals surface area contributed by atoms with E-state index < -0.39 is 11.0 Å². The summed E-state index contributed by atoms with van der Waals surface area (Å²) in [5.41, 5.74) is 0.667. The molecule has 25 heavy (non-hydrogen) atoms. The number of non-ortho nitro benzene ring substituents is 1. The monoisotopic (exact) mass is 365 g/mol. The van der Waals surface area contributed by atoms with Crippen molar-refractivity contribution in [1.29, 1.82) is 0 Å². The fourth-order valence-electron chi connectivity index (χ4n) is 3.34.